The van der Waals surface area contributed by atoms with Crippen molar-refractivity contribution in [2.24, 2.45) is 0 Å². The van der Waals surface area contributed by atoms with E-state index in [4.69, 9.17) is 4.74 Å². The van der Waals surface area contributed by atoms with Crippen molar-refractivity contribution in [3.8, 4) is 0 Å². The van der Waals surface area contributed by atoms with E-state index in [1.165, 1.54) is 6.20 Å². The van der Waals surface area contributed by atoms with Crippen molar-refractivity contribution in [2.45, 2.75) is 18.4 Å². The maximum absolute atomic E-state index is 11.6. The fourth-order valence-corrected chi connectivity index (χ4v) is 1.65. The second kappa shape index (κ2) is 4.63. The van der Waals surface area contributed by atoms with Crippen LogP contribution in [0.25, 0.3) is 0 Å². The molecule has 2 heterocycles. The van der Waals surface area contributed by atoms with Crippen LogP contribution in [0.1, 0.15) is 23.3 Å². The van der Waals surface area contributed by atoms with Crippen molar-refractivity contribution in [1.82, 2.24) is 15.5 Å². The minimum absolute atomic E-state index is 0.244. The number of hydrogen-bond acceptors (Lipinski definition) is 4. The fraction of sp³-hybridized carbons (Fsp3) is 0.600. The first-order chi connectivity index (χ1) is 7.70. The van der Waals surface area contributed by atoms with Crippen LogP contribution in [0, 0.1) is 0 Å². The molecule has 6 heteroatoms. The van der Waals surface area contributed by atoms with Gasteiger partial charge in [-0.05, 0) is 6.07 Å². The first-order valence-electron chi connectivity index (χ1n) is 5.27. The Morgan fingerprint density at radius 3 is 3.00 bits per heavy atom. The van der Waals surface area contributed by atoms with Crippen LogP contribution in [0.4, 0.5) is 0 Å². The van der Waals surface area contributed by atoms with E-state index in [2.05, 4.69) is 15.5 Å². The third kappa shape index (κ3) is 2.59. The molecular weight excluding hydrogens is 210 g/mol. The molecule has 6 nitrogen and oxygen atoms in total. The average molecular weight is 225 g/mol. The zero-order valence-corrected chi connectivity index (χ0v) is 8.90. The van der Waals surface area contributed by atoms with Crippen LogP contribution in [0.3, 0.4) is 0 Å². The van der Waals surface area contributed by atoms with E-state index >= 15 is 0 Å². The number of carbonyl (C=O) groups is 1. The predicted molar refractivity (Wildman–Crippen MR) is 55.9 cm³/mol. The molecule has 1 aromatic heterocycles. The number of nitrogens with one attached hydrogen (secondary N) is 2. The van der Waals surface area contributed by atoms with E-state index in [-0.39, 0.29) is 12.5 Å². The lowest BCUT2D eigenvalue weighted by molar-refractivity contribution is -0.0605. The molecule has 0 radical (unpaired) electrons. The number of amides is 1. The summed E-state index contributed by atoms with van der Waals surface area (Å²) in [6.45, 7) is 1.32. The number of ether oxygens (including phenoxy) is 1. The molecule has 3 N–H and O–H groups in total. The van der Waals surface area contributed by atoms with Gasteiger partial charge >= 0.3 is 0 Å². The number of carbonyl (C=O) groups excluding carboxylic acids is 1. The van der Waals surface area contributed by atoms with Crippen molar-refractivity contribution in [1.29, 1.82) is 0 Å². The minimum Gasteiger partial charge on any atom is -0.388 e. The van der Waals surface area contributed by atoms with Gasteiger partial charge in [0.05, 0.1) is 5.60 Å². The number of H-pyrrole nitrogens is 1. The second-order valence-electron chi connectivity index (χ2n) is 3.99. The highest BCUT2D eigenvalue weighted by Crippen LogP contribution is 2.19. The van der Waals surface area contributed by atoms with Crippen molar-refractivity contribution in [3.63, 3.8) is 0 Å². The molecule has 1 saturated heterocycles. The quantitative estimate of drug-likeness (QED) is 0.658. The summed E-state index contributed by atoms with van der Waals surface area (Å²) in [5.74, 6) is -0.252. The summed E-state index contributed by atoms with van der Waals surface area (Å²) in [7, 11) is 0. The van der Waals surface area contributed by atoms with Gasteiger partial charge in [-0.2, -0.15) is 5.10 Å². The molecule has 1 aliphatic heterocycles. The summed E-state index contributed by atoms with van der Waals surface area (Å²) in [5, 5.41) is 19.0. The van der Waals surface area contributed by atoms with Crippen LogP contribution in [0.2, 0.25) is 0 Å². The molecule has 0 aromatic carbocycles. The number of aromatic nitrogens is 2. The van der Waals surface area contributed by atoms with E-state index in [9.17, 15) is 9.90 Å². The van der Waals surface area contributed by atoms with Crippen LogP contribution in [-0.4, -0.2) is 46.6 Å². The second-order valence-corrected chi connectivity index (χ2v) is 3.99. The van der Waals surface area contributed by atoms with Crippen molar-refractivity contribution < 1.29 is 14.6 Å². The van der Waals surface area contributed by atoms with Crippen molar-refractivity contribution in [3.05, 3.63) is 18.0 Å². The van der Waals surface area contributed by atoms with Crippen LogP contribution < -0.4 is 5.32 Å². The highest BCUT2D eigenvalue weighted by molar-refractivity contribution is 5.92. The Morgan fingerprint density at radius 2 is 2.38 bits per heavy atom. The number of hydrogen-bond donors (Lipinski definition) is 3. The fourth-order valence-electron chi connectivity index (χ4n) is 1.65. The molecule has 0 spiro atoms. The predicted octanol–water partition coefficient (Wildman–Crippen LogP) is -0.319. The summed E-state index contributed by atoms with van der Waals surface area (Å²) in [6, 6.07) is 1.59. The SMILES string of the molecule is O=C(NCC1(O)CCOCC1)c1ccn[nH]1. The van der Waals surface area contributed by atoms with E-state index in [1.54, 1.807) is 6.07 Å². The number of nitrogens with zero attached hydrogens (tertiary/aromatic N) is 1. The topological polar surface area (TPSA) is 87.2 Å². The van der Waals surface area contributed by atoms with Crippen molar-refractivity contribution in [2.75, 3.05) is 19.8 Å². The van der Waals surface area contributed by atoms with E-state index in [1.807, 2.05) is 0 Å². The van der Waals surface area contributed by atoms with Crippen molar-refractivity contribution >= 4 is 5.91 Å². The summed E-state index contributed by atoms with van der Waals surface area (Å²) in [4.78, 5) is 11.6. The lowest BCUT2D eigenvalue weighted by Crippen LogP contribution is -2.46. The van der Waals surface area contributed by atoms with Gasteiger partial charge in [-0.15, -0.1) is 0 Å². The van der Waals surface area contributed by atoms with Crippen LogP contribution in [0.5, 0.6) is 0 Å². The molecule has 0 saturated carbocycles. The molecule has 0 unspecified atom stereocenters. The Labute approximate surface area is 93.0 Å². The van der Waals surface area contributed by atoms with Gasteiger partial charge in [-0.3, -0.25) is 9.89 Å². The molecule has 2 rings (SSSR count). The molecule has 88 valence electrons. The molecule has 1 aliphatic rings. The molecule has 1 amide bonds. The smallest absolute Gasteiger partial charge is 0.269 e. The number of aromatic amines is 1. The molecular formula is C10H15N3O3. The zero-order chi connectivity index (χ0) is 11.4. The van der Waals surface area contributed by atoms with Gasteiger partial charge in [0.2, 0.25) is 0 Å². The number of rotatable bonds is 3. The maximum atomic E-state index is 11.6. The highest BCUT2D eigenvalue weighted by Gasteiger charge is 2.30. The normalized spacial score (nSPS) is 19.3. The third-order valence-electron chi connectivity index (χ3n) is 2.75. The van der Waals surface area contributed by atoms with Gasteiger partial charge in [0.25, 0.3) is 5.91 Å². The van der Waals surface area contributed by atoms with E-state index in [0.29, 0.717) is 31.7 Å². The van der Waals surface area contributed by atoms with E-state index < -0.39 is 5.60 Å². The Balaban J connectivity index is 1.84. The largest absolute Gasteiger partial charge is 0.388 e. The standard InChI is InChI=1S/C10H15N3O3/c14-9(8-1-4-12-13-8)11-7-10(15)2-5-16-6-3-10/h1,4,15H,2-3,5-7H2,(H,11,14)(H,12,13). The maximum Gasteiger partial charge on any atom is 0.269 e. The van der Waals surface area contributed by atoms with Crippen LogP contribution >= 0.6 is 0 Å². The molecule has 16 heavy (non-hydrogen) atoms. The Kier molecular flexibility index (Phi) is 3.21. The molecule has 0 aliphatic carbocycles. The zero-order valence-electron chi connectivity index (χ0n) is 8.90. The average Bonchev–Trinajstić information content (AvgIpc) is 2.80. The first kappa shape index (κ1) is 11.1. The van der Waals surface area contributed by atoms with Gasteiger partial charge in [0.15, 0.2) is 0 Å². The monoisotopic (exact) mass is 225 g/mol. The molecule has 0 atom stereocenters. The van der Waals surface area contributed by atoms with Gasteiger partial charge in [-0.25, -0.2) is 0 Å². The Morgan fingerprint density at radius 1 is 1.62 bits per heavy atom. The first-order valence-corrected chi connectivity index (χ1v) is 5.27. The summed E-state index contributed by atoms with van der Waals surface area (Å²) >= 11 is 0. The Bertz CT molecular complexity index is 344. The number of aliphatic hydroxyl groups is 1. The lowest BCUT2D eigenvalue weighted by Gasteiger charge is -2.31. The van der Waals surface area contributed by atoms with E-state index in [0.717, 1.165) is 0 Å². The molecule has 0 bridgehead atoms. The minimum atomic E-state index is -0.839. The summed E-state index contributed by atoms with van der Waals surface area (Å²) < 4.78 is 5.16. The van der Waals surface area contributed by atoms with Crippen LogP contribution in [-0.2, 0) is 4.74 Å². The lowest BCUT2D eigenvalue weighted by atomic mass is 9.94. The molecule has 1 fully saturated rings. The van der Waals surface area contributed by atoms with Gasteiger partial charge in [0, 0.05) is 38.8 Å². The summed E-state index contributed by atoms with van der Waals surface area (Å²) in [5.41, 5.74) is -0.441. The summed E-state index contributed by atoms with van der Waals surface area (Å²) in [6.07, 6.45) is 2.62. The third-order valence-corrected chi connectivity index (χ3v) is 2.75. The van der Waals surface area contributed by atoms with Crippen LogP contribution in [0.15, 0.2) is 12.3 Å². The Hall–Kier alpha value is -1.40. The van der Waals surface area contributed by atoms with Gasteiger partial charge in [0.1, 0.15) is 5.69 Å². The van der Waals surface area contributed by atoms with Gasteiger partial charge in [-0.1, -0.05) is 0 Å². The molecule has 1 aromatic rings. The van der Waals surface area contributed by atoms with Gasteiger partial charge < -0.3 is 15.2 Å². The highest BCUT2D eigenvalue weighted by atomic mass is 16.5.